The molecule has 0 bridgehead atoms. The molecule has 1 saturated heterocycles. The van der Waals surface area contributed by atoms with Crippen molar-refractivity contribution in [2.24, 2.45) is 11.8 Å². The molecule has 6 nitrogen and oxygen atoms in total. The van der Waals surface area contributed by atoms with Crippen LogP contribution < -0.4 is 10.6 Å². The summed E-state index contributed by atoms with van der Waals surface area (Å²) in [6, 6.07) is 9.24. The Morgan fingerprint density at radius 3 is 2.72 bits per heavy atom. The third kappa shape index (κ3) is 7.88. The number of methoxy groups -OCH3 is 1. The lowest BCUT2D eigenvalue weighted by atomic mass is 9.83. The van der Waals surface area contributed by atoms with Crippen LogP contribution in [0.3, 0.4) is 0 Å². The summed E-state index contributed by atoms with van der Waals surface area (Å²) in [6.07, 6.45) is 9.77. The zero-order valence-corrected chi connectivity index (χ0v) is 23.1. The molecule has 0 amide bonds. The predicted molar refractivity (Wildman–Crippen MR) is 148 cm³/mol. The number of nitrogens with zero attached hydrogens (tertiary/aromatic N) is 2. The van der Waals surface area contributed by atoms with E-state index in [1.165, 1.54) is 25.7 Å². The van der Waals surface area contributed by atoms with Gasteiger partial charge in [-0.25, -0.2) is 4.98 Å². The molecule has 1 saturated carbocycles. The van der Waals surface area contributed by atoms with Crippen molar-refractivity contribution in [2.75, 3.05) is 32.2 Å². The Labute approximate surface area is 221 Å². The monoisotopic (exact) mass is 514 g/mol. The Balaban J connectivity index is 1.34. The van der Waals surface area contributed by atoms with Gasteiger partial charge in [-0.2, -0.15) is 0 Å². The standard InChI is InChI=1S/C29H43ClN4O2/c1-20(19-35-4)33-23-10-8-21(9-11-23)14-24-15-25(26(30)18-31-24)27-6-5-7-28(34-27)32-17-22-12-13-36-29(2,3)16-22/h5-7,15,18,20-23,33H,8-14,16-17,19H2,1-4H3,(H,32,34)/t20-,21?,22+,23?/m1/s1. The van der Waals surface area contributed by atoms with Gasteiger partial charge < -0.3 is 20.1 Å². The second kappa shape index (κ2) is 12.7. The van der Waals surface area contributed by atoms with Gasteiger partial charge in [-0.1, -0.05) is 17.7 Å². The minimum absolute atomic E-state index is 0.0426. The summed E-state index contributed by atoms with van der Waals surface area (Å²) >= 11 is 6.59. The van der Waals surface area contributed by atoms with Gasteiger partial charge in [0.15, 0.2) is 0 Å². The van der Waals surface area contributed by atoms with E-state index in [0.29, 0.717) is 28.9 Å². The molecule has 0 unspecified atom stereocenters. The number of nitrogens with one attached hydrogen (secondary N) is 2. The summed E-state index contributed by atoms with van der Waals surface area (Å²) in [5, 5.41) is 7.90. The third-order valence-corrected chi connectivity index (χ3v) is 7.89. The Morgan fingerprint density at radius 1 is 1.17 bits per heavy atom. The molecule has 1 aliphatic heterocycles. The van der Waals surface area contributed by atoms with Crippen molar-refractivity contribution < 1.29 is 9.47 Å². The third-order valence-electron chi connectivity index (χ3n) is 7.59. The van der Waals surface area contributed by atoms with Crippen molar-refractivity contribution in [3.8, 4) is 11.3 Å². The molecule has 2 N–H and O–H groups in total. The fraction of sp³-hybridized carbons (Fsp3) is 0.655. The molecule has 2 aromatic heterocycles. The predicted octanol–water partition coefficient (Wildman–Crippen LogP) is 6.14. The van der Waals surface area contributed by atoms with Gasteiger partial charge in [-0.3, -0.25) is 4.98 Å². The molecular formula is C29H43ClN4O2. The first-order valence-electron chi connectivity index (χ1n) is 13.6. The zero-order valence-electron chi connectivity index (χ0n) is 22.4. The van der Waals surface area contributed by atoms with Gasteiger partial charge >= 0.3 is 0 Å². The van der Waals surface area contributed by atoms with Crippen molar-refractivity contribution in [1.82, 2.24) is 15.3 Å². The average molecular weight is 515 g/mol. The largest absolute Gasteiger partial charge is 0.383 e. The van der Waals surface area contributed by atoms with Gasteiger partial charge in [0.1, 0.15) is 5.82 Å². The van der Waals surface area contributed by atoms with Gasteiger partial charge in [0.05, 0.1) is 22.9 Å². The second-order valence-corrected chi connectivity index (χ2v) is 11.8. The normalized spacial score (nSPS) is 24.9. The van der Waals surface area contributed by atoms with Crippen molar-refractivity contribution in [3.05, 3.63) is 41.2 Å². The molecule has 2 aliphatic rings. The SMILES string of the molecule is COC[C@@H](C)NC1CCC(Cc2cc(-c3cccc(NC[C@H]4CCOC(C)(C)C4)n3)c(Cl)cn2)CC1. The molecule has 0 aromatic carbocycles. The van der Waals surface area contributed by atoms with Crippen LogP contribution in [0.5, 0.6) is 0 Å². The number of rotatable bonds is 10. The number of pyridine rings is 2. The molecule has 2 aromatic rings. The molecule has 2 atom stereocenters. The van der Waals surface area contributed by atoms with Crippen LogP contribution in [-0.2, 0) is 15.9 Å². The molecule has 36 heavy (non-hydrogen) atoms. The van der Waals surface area contributed by atoms with Crippen LogP contribution in [0.4, 0.5) is 5.82 Å². The number of halogens is 1. The van der Waals surface area contributed by atoms with Gasteiger partial charge in [0.25, 0.3) is 0 Å². The fourth-order valence-electron chi connectivity index (χ4n) is 5.78. The highest BCUT2D eigenvalue weighted by molar-refractivity contribution is 6.33. The quantitative estimate of drug-likeness (QED) is 0.397. The van der Waals surface area contributed by atoms with E-state index in [0.717, 1.165) is 61.8 Å². The van der Waals surface area contributed by atoms with Crippen molar-refractivity contribution in [3.63, 3.8) is 0 Å². The molecule has 198 valence electrons. The molecule has 4 rings (SSSR count). The summed E-state index contributed by atoms with van der Waals surface area (Å²) < 4.78 is 11.1. The summed E-state index contributed by atoms with van der Waals surface area (Å²) in [6.45, 7) is 9.03. The van der Waals surface area contributed by atoms with Gasteiger partial charge in [0, 0.05) is 49.8 Å². The Hall–Kier alpha value is -1.73. The minimum Gasteiger partial charge on any atom is -0.383 e. The van der Waals surface area contributed by atoms with Crippen LogP contribution in [0.15, 0.2) is 30.5 Å². The van der Waals surface area contributed by atoms with E-state index >= 15 is 0 Å². The van der Waals surface area contributed by atoms with E-state index in [2.05, 4.69) is 42.5 Å². The molecule has 0 spiro atoms. The topological polar surface area (TPSA) is 68.3 Å². The molecule has 3 heterocycles. The fourth-order valence-corrected chi connectivity index (χ4v) is 5.98. The molecule has 1 aliphatic carbocycles. The van der Waals surface area contributed by atoms with E-state index in [4.69, 9.17) is 26.1 Å². The zero-order chi connectivity index (χ0) is 25.5. The number of aromatic nitrogens is 2. The lowest BCUT2D eigenvalue weighted by Crippen LogP contribution is -2.41. The van der Waals surface area contributed by atoms with E-state index in [1.54, 1.807) is 13.3 Å². The van der Waals surface area contributed by atoms with E-state index < -0.39 is 0 Å². The Bertz CT molecular complexity index is 977. The first kappa shape index (κ1) is 27.3. The van der Waals surface area contributed by atoms with Crippen LogP contribution in [0.25, 0.3) is 11.3 Å². The van der Waals surface area contributed by atoms with Gasteiger partial charge in [-0.05, 0) is 95.8 Å². The summed E-state index contributed by atoms with van der Waals surface area (Å²) in [4.78, 5) is 9.56. The molecule has 2 fully saturated rings. The van der Waals surface area contributed by atoms with E-state index in [-0.39, 0.29) is 5.60 Å². The minimum atomic E-state index is -0.0426. The molecule has 7 heteroatoms. The smallest absolute Gasteiger partial charge is 0.126 e. The maximum atomic E-state index is 6.59. The highest BCUT2D eigenvalue weighted by Gasteiger charge is 2.28. The van der Waals surface area contributed by atoms with E-state index in [9.17, 15) is 0 Å². The number of hydrogen-bond acceptors (Lipinski definition) is 6. The Morgan fingerprint density at radius 2 is 1.97 bits per heavy atom. The highest BCUT2D eigenvalue weighted by atomic mass is 35.5. The lowest BCUT2D eigenvalue weighted by Gasteiger charge is -2.35. The van der Waals surface area contributed by atoms with Crippen molar-refractivity contribution in [2.45, 2.75) is 83.4 Å². The first-order chi connectivity index (χ1) is 17.3. The second-order valence-electron chi connectivity index (χ2n) is 11.4. The lowest BCUT2D eigenvalue weighted by molar-refractivity contribution is -0.0699. The summed E-state index contributed by atoms with van der Waals surface area (Å²) in [5.74, 6) is 2.13. The maximum absolute atomic E-state index is 6.59. The number of ether oxygens (including phenoxy) is 2. The Kier molecular flexibility index (Phi) is 9.62. The molecular weight excluding hydrogens is 472 g/mol. The van der Waals surface area contributed by atoms with Gasteiger partial charge in [0.2, 0.25) is 0 Å². The highest BCUT2D eigenvalue weighted by Crippen LogP contribution is 2.32. The van der Waals surface area contributed by atoms with Crippen molar-refractivity contribution in [1.29, 1.82) is 0 Å². The van der Waals surface area contributed by atoms with Crippen LogP contribution in [0, 0.1) is 11.8 Å². The number of hydrogen-bond donors (Lipinski definition) is 2. The number of anilines is 1. The van der Waals surface area contributed by atoms with Crippen LogP contribution >= 0.6 is 11.6 Å². The summed E-state index contributed by atoms with van der Waals surface area (Å²) in [5.41, 5.74) is 2.91. The average Bonchev–Trinajstić information content (AvgIpc) is 2.85. The maximum Gasteiger partial charge on any atom is 0.126 e. The van der Waals surface area contributed by atoms with Crippen LogP contribution in [0.1, 0.15) is 65.0 Å². The first-order valence-corrected chi connectivity index (χ1v) is 13.9. The van der Waals surface area contributed by atoms with Crippen LogP contribution in [-0.4, -0.2) is 54.5 Å². The van der Waals surface area contributed by atoms with Crippen molar-refractivity contribution >= 4 is 17.4 Å². The summed E-state index contributed by atoms with van der Waals surface area (Å²) in [7, 11) is 1.76. The molecule has 0 radical (unpaired) electrons. The van der Waals surface area contributed by atoms with Crippen LogP contribution in [0.2, 0.25) is 5.02 Å². The van der Waals surface area contributed by atoms with Gasteiger partial charge in [-0.15, -0.1) is 0 Å². The van der Waals surface area contributed by atoms with E-state index in [1.807, 2.05) is 18.2 Å².